The monoisotopic (exact) mass is 552 g/mol. The van der Waals surface area contributed by atoms with Gasteiger partial charge in [-0.15, -0.1) is 0 Å². The van der Waals surface area contributed by atoms with Gasteiger partial charge in [-0.2, -0.15) is 0 Å². The molecule has 6 bridgehead atoms. The van der Waals surface area contributed by atoms with E-state index in [4.69, 9.17) is 0 Å². The van der Waals surface area contributed by atoms with Crippen molar-refractivity contribution in [2.45, 2.75) is 29.4 Å². The van der Waals surface area contributed by atoms with E-state index in [1.165, 1.54) is 64.8 Å². The van der Waals surface area contributed by atoms with E-state index in [0.717, 1.165) is 0 Å². The minimum absolute atomic E-state index is 0.138. The Balaban J connectivity index is 1.81. The first-order valence-corrected chi connectivity index (χ1v) is 15.4. The fourth-order valence-electron chi connectivity index (χ4n) is 2.66. The number of carbonyl (C=O) groups is 3. The second-order valence-electron chi connectivity index (χ2n) is 6.49. The van der Waals surface area contributed by atoms with Crippen molar-refractivity contribution in [1.29, 1.82) is 0 Å². The van der Waals surface area contributed by atoms with E-state index in [-0.39, 0.29) is 16.7 Å². The molecule has 3 N–H and O–H groups in total. The van der Waals surface area contributed by atoms with Gasteiger partial charge in [0.05, 0.1) is 16.7 Å². The molecule has 0 unspecified atom stereocenters. The van der Waals surface area contributed by atoms with Crippen LogP contribution in [0.25, 0.3) is 0 Å². The topological polar surface area (TPSA) is 112 Å². The minimum atomic E-state index is -1.05. The lowest BCUT2D eigenvalue weighted by Crippen LogP contribution is -1.96. The quantitative estimate of drug-likeness (QED) is 0.280. The molecule has 0 spiro atoms. The average molecular weight is 553 g/mol. The molecule has 0 aliphatic carbocycles. The van der Waals surface area contributed by atoms with Crippen molar-refractivity contribution in [3.8, 4) is 0 Å². The number of carboxylic acids is 3. The zero-order valence-corrected chi connectivity index (χ0v) is 21.1. The summed E-state index contributed by atoms with van der Waals surface area (Å²) in [7, 11) is 8.07. The van der Waals surface area contributed by atoms with Crippen LogP contribution in [-0.4, -0.2) is 33.2 Å². The molecule has 6 nitrogen and oxygen atoms in total. The Hall–Kier alpha value is -1.83. The van der Waals surface area contributed by atoms with Gasteiger partial charge in [-0.05, 0) is 54.6 Å². The first-order chi connectivity index (χ1) is 15.8. The summed E-state index contributed by atoms with van der Waals surface area (Å²) in [6.45, 7) is 0. The number of aromatic carboxylic acids is 3. The van der Waals surface area contributed by atoms with Crippen LogP contribution in [0, 0.1) is 0 Å². The van der Waals surface area contributed by atoms with Crippen LogP contribution in [0.1, 0.15) is 31.1 Å². The summed E-state index contributed by atoms with van der Waals surface area (Å²) in [5, 5.41) is 28.5. The molecule has 0 amide bonds. The van der Waals surface area contributed by atoms with E-state index in [0.29, 0.717) is 29.4 Å². The fraction of sp³-hybridized carbons (Fsp3) is 0. The van der Waals surface area contributed by atoms with E-state index in [1.807, 2.05) is 18.2 Å². The SMILES string of the molecule is O=C(O)c1cc2cc(c1)SSc1cc(cc(C(=O)O)c1)SSc1cc(cc(C(=O)O)c1)SS2. The lowest BCUT2D eigenvalue weighted by molar-refractivity contribution is 0.0685. The predicted molar refractivity (Wildman–Crippen MR) is 135 cm³/mol. The number of hydrogen-bond acceptors (Lipinski definition) is 9. The molecule has 3 aromatic rings. The van der Waals surface area contributed by atoms with Crippen molar-refractivity contribution in [3.05, 3.63) is 71.3 Å². The number of hydrogen-bond donors (Lipinski definition) is 3. The highest BCUT2D eigenvalue weighted by Gasteiger charge is 2.15. The Labute approximate surface area is 211 Å². The highest BCUT2D eigenvalue weighted by Crippen LogP contribution is 2.47. The zero-order chi connectivity index (χ0) is 23.5. The summed E-state index contributed by atoms with van der Waals surface area (Å²) in [6, 6.07) is 15.0. The van der Waals surface area contributed by atoms with E-state index in [2.05, 4.69) is 0 Å². The molecule has 0 saturated heterocycles. The van der Waals surface area contributed by atoms with E-state index >= 15 is 0 Å². The van der Waals surface area contributed by atoms with Crippen LogP contribution in [-0.2, 0) is 0 Å². The third-order valence-corrected chi connectivity index (χ3v) is 11.1. The molecule has 0 fully saturated rings. The molecule has 12 heteroatoms. The molecule has 0 atom stereocenters. The van der Waals surface area contributed by atoms with Gasteiger partial charge in [0, 0.05) is 29.4 Å². The Bertz CT molecular complexity index is 1060. The van der Waals surface area contributed by atoms with Crippen LogP contribution in [0.4, 0.5) is 0 Å². The predicted octanol–water partition coefficient (Wildman–Crippen LogP) is 7.49. The molecule has 1 aliphatic heterocycles. The third kappa shape index (κ3) is 6.40. The molecular formula is C21H12O6S6. The van der Waals surface area contributed by atoms with E-state index in [1.54, 1.807) is 36.4 Å². The first kappa shape index (κ1) is 24.3. The maximum Gasteiger partial charge on any atom is 0.335 e. The second-order valence-corrected chi connectivity index (χ2v) is 13.3. The van der Waals surface area contributed by atoms with Crippen LogP contribution < -0.4 is 0 Å². The van der Waals surface area contributed by atoms with Gasteiger partial charge >= 0.3 is 17.9 Å². The van der Waals surface area contributed by atoms with Crippen molar-refractivity contribution in [3.63, 3.8) is 0 Å². The molecule has 168 valence electrons. The van der Waals surface area contributed by atoms with E-state index in [9.17, 15) is 29.7 Å². The highest BCUT2D eigenvalue weighted by atomic mass is 33.1. The fourth-order valence-corrected chi connectivity index (χ4v) is 9.03. The normalized spacial score (nSPS) is 13.5. The molecular weight excluding hydrogens is 541 g/mol. The van der Waals surface area contributed by atoms with Crippen molar-refractivity contribution < 1.29 is 29.7 Å². The lowest BCUT2D eigenvalue weighted by atomic mass is 10.2. The van der Waals surface area contributed by atoms with Gasteiger partial charge < -0.3 is 15.3 Å². The third-order valence-electron chi connectivity index (χ3n) is 4.08. The Morgan fingerprint density at radius 3 is 0.727 bits per heavy atom. The van der Waals surface area contributed by atoms with Gasteiger partial charge in [-0.3, -0.25) is 0 Å². The Kier molecular flexibility index (Phi) is 7.82. The number of fused-ring (bicyclic) bond motifs is 6. The lowest BCUT2D eigenvalue weighted by Gasteiger charge is -2.08. The van der Waals surface area contributed by atoms with Crippen molar-refractivity contribution in [2.75, 3.05) is 0 Å². The minimum Gasteiger partial charge on any atom is -0.478 e. The maximum absolute atomic E-state index is 11.6. The van der Waals surface area contributed by atoms with Crippen LogP contribution >= 0.6 is 64.8 Å². The molecule has 0 saturated carbocycles. The summed E-state index contributed by atoms with van der Waals surface area (Å²) in [5.74, 6) is -3.15. The standard InChI is InChI=1S/C21H12O6S6/c22-19(23)10-1-13-7-14(2-10)30-31-17-5-12(21(26)27)6-18(9-17)33-32-16-4-11(20(24)25)3-15(8-16)29-28-13/h1-9H,(H,22,23)(H,24,25)(H,26,27). The van der Waals surface area contributed by atoms with Gasteiger partial charge in [-0.25, -0.2) is 14.4 Å². The van der Waals surface area contributed by atoms with E-state index < -0.39 is 17.9 Å². The largest absolute Gasteiger partial charge is 0.478 e. The number of carboxylic acid groups (broad SMARTS) is 3. The van der Waals surface area contributed by atoms with Gasteiger partial charge in [0.25, 0.3) is 0 Å². The summed E-state index contributed by atoms with van der Waals surface area (Å²) >= 11 is 0. The van der Waals surface area contributed by atoms with Gasteiger partial charge in [0.15, 0.2) is 0 Å². The summed E-state index contributed by atoms with van der Waals surface area (Å²) < 4.78 is 0. The number of rotatable bonds is 3. The molecule has 0 aromatic heterocycles. The average Bonchev–Trinajstić information content (AvgIpc) is 2.79. The van der Waals surface area contributed by atoms with Crippen LogP contribution in [0.15, 0.2) is 84.0 Å². The molecule has 1 aliphatic rings. The summed E-state index contributed by atoms with van der Waals surface area (Å²) in [4.78, 5) is 39.1. The maximum atomic E-state index is 11.6. The second kappa shape index (κ2) is 10.6. The van der Waals surface area contributed by atoms with Gasteiger partial charge in [-0.1, -0.05) is 64.8 Å². The molecule has 4 rings (SSSR count). The summed E-state index contributed by atoms with van der Waals surface area (Å²) in [6.07, 6.45) is 0. The molecule has 0 radical (unpaired) electrons. The van der Waals surface area contributed by atoms with Gasteiger partial charge in [0.2, 0.25) is 0 Å². The van der Waals surface area contributed by atoms with Crippen molar-refractivity contribution in [2.24, 2.45) is 0 Å². The number of benzene rings is 3. The summed E-state index contributed by atoms with van der Waals surface area (Å²) in [5.41, 5.74) is 0.414. The first-order valence-electron chi connectivity index (χ1n) is 8.95. The molecule has 1 heterocycles. The highest BCUT2D eigenvalue weighted by molar-refractivity contribution is 8.77. The van der Waals surface area contributed by atoms with Crippen LogP contribution in [0.5, 0.6) is 0 Å². The Morgan fingerprint density at radius 2 is 0.576 bits per heavy atom. The van der Waals surface area contributed by atoms with Crippen LogP contribution in [0.3, 0.4) is 0 Å². The van der Waals surface area contributed by atoms with Gasteiger partial charge in [0.1, 0.15) is 0 Å². The Morgan fingerprint density at radius 1 is 0.394 bits per heavy atom. The molecule has 3 aromatic carbocycles. The van der Waals surface area contributed by atoms with Crippen molar-refractivity contribution >= 4 is 82.7 Å². The molecule has 33 heavy (non-hydrogen) atoms. The zero-order valence-electron chi connectivity index (χ0n) is 16.2. The van der Waals surface area contributed by atoms with Crippen LogP contribution in [0.2, 0.25) is 0 Å². The smallest absolute Gasteiger partial charge is 0.335 e. The van der Waals surface area contributed by atoms with Crippen molar-refractivity contribution in [1.82, 2.24) is 0 Å².